The second-order valence-corrected chi connectivity index (χ2v) is 6.32. The van der Waals surface area contributed by atoms with E-state index in [1.165, 1.54) is 0 Å². The van der Waals surface area contributed by atoms with Gasteiger partial charge in [-0.1, -0.05) is 0 Å². The molecule has 0 unspecified atom stereocenters. The van der Waals surface area contributed by atoms with Crippen LogP contribution in [-0.4, -0.2) is 59.0 Å². The minimum atomic E-state index is 0.0635. The molecule has 0 saturated carbocycles. The van der Waals surface area contributed by atoms with Crippen molar-refractivity contribution in [2.24, 2.45) is 7.05 Å². The molecule has 6 heteroatoms. The molecule has 1 aliphatic rings. The van der Waals surface area contributed by atoms with Crippen LogP contribution in [0.2, 0.25) is 0 Å². The van der Waals surface area contributed by atoms with Gasteiger partial charge < -0.3 is 10.1 Å². The van der Waals surface area contributed by atoms with E-state index in [9.17, 15) is 4.79 Å². The number of hydrogen-bond acceptors (Lipinski definition) is 4. The summed E-state index contributed by atoms with van der Waals surface area (Å²) in [6, 6.07) is 0. The van der Waals surface area contributed by atoms with E-state index in [1.54, 1.807) is 0 Å². The molecule has 2 rings (SSSR count). The third-order valence-electron chi connectivity index (χ3n) is 4.24. The highest BCUT2D eigenvalue weighted by Crippen LogP contribution is 2.12. The van der Waals surface area contributed by atoms with E-state index in [1.807, 2.05) is 25.6 Å². The van der Waals surface area contributed by atoms with Crippen molar-refractivity contribution in [2.45, 2.75) is 46.3 Å². The van der Waals surface area contributed by atoms with Gasteiger partial charge in [-0.3, -0.25) is 14.4 Å². The van der Waals surface area contributed by atoms with Crippen molar-refractivity contribution in [3.05, 3.63) is 17.0 Å². The van der Waals surface area contributed by atoms with Gasteiger partial charge in [0.1, 0.15) is 0 Å². The Morgan fingerprint density at radius 2 is 1.95 bits per heavy atom. The summed E-state index contributed by atoms with van der Waals surface area (Å²) in [6.07, 6.45) is 0.932. The first-order valence-electron chi connectivity index (χ1n) is 8.00. The molecule has 0 spiro atoms. The lowest BCUT2D eigenvalue weighted by molar-refractivity contribution is -0.120. The molecule has 0 radical (unpaired) electrons. The van der Waals surface area contributed by atoms with Crippen LogP contribution in [0.4, 0.5) is 0 Å². The first-order chi connectivity index (χ1) is 10.4. The normalized spacial score (nSPS) is 22.8. The number of aryl methyl sites for hydroxylation is 2. The van der Waals surface area contributed by atoms with Gasteiger partial charge in [-0.25, -0.2) is 0 Å². The maximum Gasteiger partial charge on any atom is 0.224 e. The van der Waals surface area contributed by atoms with Crippen molar-refractivity contribution in [1.82, 2.24) is 20.0 Å². The summed E-state index contributed by atoms with van der Waals surface area (Å²) in [6.45, 7) is 11.5. The summed E-state index contributed by atoms with van der Waals surface area (Å²) in [5.41, 5.74) is 3.03. The summed E-state index contributed by atoms with van der Waals surface area (Å²) in [5.74, 6) is 0.0635. The van der Waals surface area contributed by atoms with E-state index in [-0.39, 0.29) is 18.1 Å². The van der Waals surface area contributed by atoms with E-state index in [2.05, 4.69) is 29.2 Å². The van der Waals surface area contributed by atoms with Gasteiger partial charge in [0.2, 0.25) is 5.91 Å². The van der Waals surface area contributed by atoms with Gasteiger partial charge in [-0.2, -0.15) is 5.10 Å². The fourth-order valence-corrected chi connectivity index (χ4v) is 3.12. The highest BCUT2D eigenvalue weighted by Gasteiger charge is 2.21. The van der Waals surface area contributed by atoms with Crippen LogP contribution in [0.5, 0.6) is 0 Å². The molecule has 22 heavy (non-hydrogen) atoms. The van der Waals surface area contributed by atoms with E-state index in [0.717, 1.165) is 36.6 Å². The maximum absolute atomic E-state index is 12.1. The fourth-order valence-electron chi connectivity index (χ4n) is 3.12. The smallest absolute Gasteiger partial charge is 0.224 e. The number of hydrogen-bond donors (Lipinski definition) is 1. The molecule has 1 N–H and O–H groups in total. The van der Waals surface area contributed by atoms with Gasteiger partial charge >= 0.3 is 0 Å². The zero-order chi connectivity index (χ0) is 16.3. The second-order valence-electron chi connectivity index (χ2n) is 6.32. The molecule has 1 amide bonds. The highest BCUT2D eigenvalue weighted by atomic mass is 16.5. The van der Waals surface area contributed by atoms with Crippen molar-refractivity contribution in [3.8, 4) is 0 Å². The van der Waals surface area contributed by atoms with Crippen molar-refractivity contribution in [3.63, 3.8) is 0 Å². The van der Waals surface area contributed by atoms with E-state index in [0.29, 0.717) is 13.0 Å². The average molecular weight is 308 g/mol. The van der Waals surface area contributed by atoms with Crippen LogP contribution in [0.1, 0.15) is 30.8 Å². The molecule has 1 aromatic rings. The van der Waals surface area contributed by atoms with Crippen molar-refractivity contribution < 1.29 is 9.53 Å². The largest absolute Gasteiger partial charge is 0.373 e. The number of nitrogens with one attached hydrogen (secondary N) is 1. The molecule has 2 atom stereocenters. The Hall–Kier alpha value is -1.40. The molecule has 124 valence electrons. The summed E-state index contributed by atoms with van der Waals surface area (Å²) in [7, 11) is 1.91. The molecule has 0 aliphatic carbocycles. The van der Waals surface area contributed by atoms with E-state index >= 15 is 0 Å². The molecule has 6 nitrogen and oxygen atoms in total. The zero-order valence-corrected chi connectivity index (χ0v) is 14.3. The molecular formula is C16H28N4O2. The molecule has 1 saturated heterocycles. The van der Waals surface area contributed by atoms with E-state index in [4.69, 9.17) is 4.74 Å². The van der Waals surface area contributed by atoms with Gasteiger partial charge in [0, 0.05) is 44.5 Å². The Balaban J connectivity index is 1.76. The van der Waals surface area contributed by atoms with Crippen LogP contribution in [0, 0.1) is 13.8 Å². The Bertz CT molecular complexity index is 516. The Morgan fingerprint density at radius 3 is 2.50 bits per heavy atom. The number of carbonyl (C=O) groups excluding carboxylic acids is 1. The molecular weight excluding hydrogens is 280 g/mol. The molecule has 1 aromatic heterocycles. The predicted molar refractivity (Wildman–Crippen MR) is 85.8 cm³/mol. The number of morpholine rings is 1. The Labute approximate surface area is 132 Å². The molecule has 2 heterocycles. The van der Waals surface area contributed by atoms with Crippen molar-refractivity contribution >= 4 is 5.91 Å². The number of rotatable bonds is 5. The monoisotopic (exact) mass is 308 g/mol. The molecule has 1 fully saturated rings. The fraction of sp³-hybridized carbons (Fsp3) is 0.750. The van der Waals surface area contributed by atoms with Gasteiger partial charge in [-0.15, -0.1) is 0 Å². The number of nitrogens with zero attached hydrogens (tertiary/aromatic N) is 3. The summed E-state index contributed by atoms with van der Waals surface area (Å²) < 4.78 is 7.54. The van der Waals surface area contributed by atoms with E-state index < -0.39 is 0 Å². The van der Waals surface area contributed by atoms with Gasteiger partial charge in [-0.05, 0) is 27.7 Å². The second kappa shape index (κ2) is 7.24. The van der Waals surface area contributed by atoms with Gasteiger partial charge in [0.25, 0.3) is 0 Å². The third-order valence-corrected chi connectivity index (χ3v) is 4.24. The molecule has 0 aromatic carbocycles. The van der Waals surface area contributed by atoms with Gasteiger partial charge in [0.05, 0.1) is 24.3 Å². The number of aromatic nitrogens is 2. The van der Waals surface area contributed by atoms with Crippen LogP contribution in [-0.2, 0) is 23.0 Å². The van der Waals surface area contributed by atoms with Gasteiger partial charge in [0.15, 0.2) is 0 Å². The van der Waals surface area contributed by atoms with Crippen molar-refractivity contribution in [2.75, 3.05) is 26.2 Å². The quantitative estimate of drug-likeness (QED) is 0.874. The summed E-state index contributed by atoms with van der Waals surface area (Å²) in [4.78, 5) is 14.5. The maximum atomic E-state index is 12.1. The first-order valence-corrected chi connectivity index (χ1v) is 8.00. The summed E-state index contributed by atoms with van der Waals surface area (Å²) in [5, 5.41) is 7.36. The lowest BCUT2D eigenvalue weighted by Crippen LogP contribution is -2.48. The topological polar surface area (TPSA) is 59.4 Å². The number of amides is 1. The lowest BCUT2D eigenvalue weighted by atomic mass is 10.1. The predicted octanol–water partition coefficient (Wildman–Crippen LogP) is 0.805. The highest BCUT2D eigenvalue weighted by molar-refractivity contribution is 5.79. The SMILES string of the molecule is Cc1nn(C)c(C)c1CC(=O)NCCN1C[C@@H](C)O[C@H](C)C1. The molecule has 0 bridgehead atoms. The van der Waals surface area contributed by atoms with Crippen LogP contribution in [0.3, 0.4) is 0 Å². The third kappa shape index (κ3) is 4.30. The minimum absolute atomic E-state index is 0.0635. The Morgan fingerprint density at radius 1 is 1.32 bits per heavy atom. The molecule has 1 aliphatic heterocycles. The van der Waals surface area contributed by atoms with Crippen LogP contribution in [0.25, 0.3) is 0 Å². The number of ether oxygens (including phenoxy) is 1. The Kier molecular flexibility index (Phi) is 5.58. The zero-order valence-electron chi connectivity index (χ0n) is 14.3. The lowest BCUT2D eigenvalue weighted by Gasteiger charge is -2.35. The van der Waals surface area contributed by atoms with Crippen molar-refractivity contribution in [1.29, 1.82) is 0 Å². The standard InChI is InChI=1S/C16H28N4O2/c1-11-9-20(10-12(2)22-11)7-6-17-16(21)8-15-13(3)18-19(5)14(15)4/h11-12H,6-10H2,1-5H3,(H,17,21)/t11-,12-/m1/s1. The van der Waals surface area contributed by atoms with Crippen LogP contribution in [0.15, 0.2) is 0 Å². The average Bonchev–Trinajstić information content (AvgIpc) is 2.64. The van der Waals surface area contributed by atoms with Crippen LogP contribution < -0.4 is 5.32 Å². The number of carbonyl (C=O) groups is 1. The summed E-state index contributed by atoms with van der Waals surface area (Å²) >= 11 is 0. The first kappa shape index (κ1) is 17.0. The van der Waals surface area contributed by atoms with Crippen LogP contribution >= 0.6 is 0 Å². The minimum Gasteiger partial charge on any atom is -0.373 e.